The van der Waals surface area contributed by atoms with E-state index in [2.05, 4.69) is 0 Å². The first-order chi connectivity index (χ1) is 22.1. The average molecular weight is 625 g/mol. The van der Waals surface area contributed by atoms with Crippen LogP contribution < -0.4 is 0 Å². The van der Waals surface area contributed by atoms with Crippen LogP contribution >= 0.6 is 0 Å². The molecule has 0 radical (unpaired) electrons. The van der Waals surface area contributed by atoms with Crippen LogP contribution in [0, 0.1) is 0 Å². The van der Waals surface area contributed by atoms with Crippen LogP contribution in [-0.4, -0.2) is 91.6 Å². The Morgan fingerprint density at radius 2 is 0.644 bits per heavy atom. The monoisotopic (exact) mass is 624 g/mol. The molecule has 0 aliphatic heterocycles. The summed E-state index contributed by atoms with van der Waals surface area (Å²) < 4.78 is 35.1. The van der Waals surface area contributed by atoms with Gasteiger partial charge >= 0.3 is 0 Å². The van der Waals surface area contributed by atoms with E-state index < -0.39 is 36.6 Å². The van der Waals surface area contributed by atoms with Crippen LogP contribution in [0.1, 0.15) is 36.0 Å². The smallest absolute Gasteiger partial charge is 0.114 e. The first-order valence-electron chi connectivity index (χ1n) is 15.9. The quantitative estimate of drug-likeness (QED) is 0.151. The van der Waals surface area contributed by atoms with Crippen LogP contribution in [0.3, 0.4) is 0 Å². The molecule has 9 nitrogen and oxygen atoms in total. The molecule has 9 heteroatoms. The van der Waals surface area contributed by atoms with Crippen LogP contribution in [0.4, 0.5) is 0 Å². The van der Waals surface area contributed by atoms with Gasteiger partial charge in [0.25, 0.3) is 0 Å². The third-order valence-corrected chi connectivity index (χ3v) is 7.58. The highest BCUT2D eigenvalue weighted by molar-refractivity contribution is 5.14. The van der Waals surface area contributed by atoms with Crippen molar-refractivity contribution in [2.24, 2.45) is 0 Å². The fourth-order valence-corrected chi connectivity index (χ4v) is 5.19. The molecule has 1 fully saturated rings. The lowest BCUT2D eigenvalue weighted by molar-refractivity contribution is -0.256. The van der Waals surface area contributed by atoms with Gasteiger partial charge in [-0.15, -0.1) is 0 Å². The maximum atomic E-state index is 11.1. The van der Waals surface area contributed by atoms with Gasteiger partial charge in [-0.3, -0.25) is 0 Å². The highest BCUT2D eigenvalue weighted by Gasteiger charge is 2.51. The first-order valence-corrected chi connectivity index (χ1v) is 15.9. The van der Waals surface area contributed by atoms with E-state index in [4.69, 9.17) is 28.4 Å². The van der Waals surface area contributed by atoms with Gasteiger partial charge in [-0.2, -0.15) is 0 Å². The summed E-state index contributed by atoms with van der Waals surface area (Å²) in [6.07, 6.45) is -5.04. The van der Waals surface area contributed by atoms with Gasteiger partial charge in [0.05, 0.1) is 19.8 Å². The van der Waals surface area contributed by atoms with Gasteiger partial charge < -0.3 is 43.7 Å². The molecule has 1 saturated carbocycles. The highest BCUT2D eigenvalue weighted by Crippen LogP contribution is 2.28. The zero-order chi connectivity index (χ0) is 31.5. The maximum absolute atomic E-state index is 11.1. The second kappa shape index (κ2) is 20.4. The molecule has 45 heavy (non-hydrogen) atoms. The molecule has 3 aromatic rings. The van der Waals surface area contributed by atoms with Crippen LogP contribution in [0.25, 0.3) is 0 Å². The molecule has 3 aromatic carbocycles. The lowest BCUT2D eigenvalue weighted by atomic mass is 9.84. The fourth-order valence-electron chi connectivity index (χ4n) is 5.19. The van der Waals surface area contributed by atoms with Crippen LogP contribution in [0.15, 0.2) is 91.0 Å². The summed E-state index contributed by atoms with van der Waals surface area (Å²) in [7, 11) is 0. The lowest BCUT2D eigenvalue weighted by Crippen LogP contribution is -2.65. The summed E-state index contributed by atoms with van der Waals surface area (Å²) in [5, 5.41) is 33.4. The van der Waals surface area contributed by atoms with Crippen LogP contribution in [0.2, 0.25) is 0 Å². The summed E-state index contributed by atoms with van der Waals surface area (Å²) in [6, 6.07) is 29.7. The zero-order valence-corrected chi connectivity index (χ0v) is 25.9. The fraction of sp³-hybridized carbons (Fsp3) is 0.500. The summed E-state index contributed by atoms with van der Waals surface area (Å²) >= 11 is 0. The van der Waals surface area contributed by atoms with E-state index in [1.807, 2.05) is 91.0 Å². The molecule has 0 atom stereocenters. The number of aliphatic hydroxyl groups excluding tert-OH is 3. The maximum Gasteiger partial charge on any atom is 0.114 e. The molecule has 0 aromatic heterocycles. The standard InChI is InChI=1S/C36H48O9/c37-31-34(43-22-10-19-40-25-28-13-4-1-5-14-28)32(38)36(45-24-12-21-42-27-30-17-8-3-9-18-30)33(39)35(31)44-23-11-20-41-26-29-15-6-2-7-16-29/h1-9,13-18,31-39H,10-12,19-27H2. The Bertz CT molecular complexity index is 993. The van der Waals surface area contributed by atoms with Crippen molar-refractivity contribution < 1.29 is 43.7 Å². The molecule has 0 spiro atoms. The van der Waals surface area contributed by atoms with E-state index in [1.165, 1.54) is 0 Å². The minimum Gasteiger partial charge on any atom is -0.387 e. The third-order valence-electron chi connectivity index (χ3n) is 7.58. The Morgan fingerprint density at radius 3 is 0.911 bits per heavy atom. The number of ether oxygens (including phenoxy) is 6. The predicted octanol–water partition coefficient (Wildman–Crippen LogP) is 4.06. The second-order valence-corrected chi connectivity index (χ2v) is 11.2. The predicted molar refractivity (Wildman–Crippen MR) is 169 cm³/mol. The topological polar surface area (TPSA) is 116 Å². The molecular formula is C36H48O9. The molecule has 3 N–H and O–H groups in total. The summed E-state index contributed by atoms with van der Waals surface area (Å²) in [4.78, 5) is 0. The normalized spacial score (nSPS) is 23.3. The first kappa shape index (κ1) is 35.2. The molecule has 0 bridgehead atoms. The van der Waals surface area contributed by atoms with Crippen molar-refractivity contribution in [3.05, 3.63) is 108 Å². The number of aliphatic hydroxyl groups is 3. The Labute approximate surface area is 266 Å². The molecule has 0 saturated heterocycles. The lowest BCUT2D eigenvalue weighted by Gasteiger charge is -2.45. The van der Waals surface area contributed by atoms with Crippen molar-refractivity contribution in [1.29, 1.82) is 0 Å². The molecular weight excluding hydrogens is 576 g/mol. The molecule has 0 heterocycles. The van der Waals surface area contributed by atoms with Gasteiger partial charge in [-0.05, 0) is 36.0 Å². The summed E-state index contributed by atoms with van der Waals surface area (Å²) in [5.74, 6) is 0. The van der Waals surface area contributed by atoms with E-state index in [-0.39, 0.29) is 19.8 Å². The van der Waals surface area contributed by atoms with E-state index in [0.29, 0.717) is 58.9 Å². The summed E-state index contributed by atoms with van der Waals surface area (Å²) in [5.41, 5.74) is 3.25. The van der Waals surface area contributed by atoms with Crippen LogP contribution in [-0.2, 0) is 48.2 Å². The van der Waals surface area contributed by atoms with E-state index >= 15 is 0 Å². The van der Waals surface area contributed by atoms with E-state index in [0.717, 1.165) is 16.7 Å². The molecule has 246 valence electrons. The van der Waals surface area contributed by atoms with Crippen molar-refractivity contribution in [2.75, 3.05) is 39.6 Å². The SMILES string of the molecule is OC1C(OCCCOCc2ccccc2)C(O)C(OCCCOCc2ccccc2)C(O)C1OCCCOCc1ccccc1. The van der Waals surface area contributed by atoms with Crippen molar-refractivity contribution in [3.63, 3.8) is 0 Å². The van der Waals surface area contributed by atoms with E-state index in [1.54, 1.807) is 0 Å². The Hall–Kier alpha value is -2.70. The number of benzene rings is 3. The molecule has 4 rings (SSSR count). The minimum absolute atomic E-state index is 0.254. The zero-order valence-electron chi connectivity index (χ0n) is 25.9. The minimum atomic E-state index is -1.25. The Morgan fingerprint density at radius 1 is 0.378 bits per heavy atom. The number of hydrogen-bond donors (Lipinski definition) is 3. The summed E-state index contributed by atoms with van der Waals surface area (Å²) in [6.45, 7) is 3.64. The van der Waals surface area contributed by atoms with Crippen LogP contribution in [0.5, 0.6) is 0 Å². The van der Waals surface area contributed by atoms with Crippen molar-refractivity contribution in [3.8, 4) is 0 Å². The second-order valence-electron chi connectivity index (χ2n) is 11.2. The Balaban J connectivity index is 1.22. The van der Waals surface area contributed by atoms with Gasteiger partial charge in [0.2, 0.25) is 0 Å². The molecule has 0 unspecified atom stereocenters. The third kappa shape index (κ3) is 12.2. The highest BCUT2D eigenvalue weighted by atomic mass is 16.6. The average Bonchev–Trinajstić information content (AvgIpc) is 3.07. The van der Waals surface area contributed by atoms with Gasteiger partial charge in [-0.1, -0.05) is 91.0 Å². The van der Waals surface area contributed by atoms with Gasteiger partial charge in [0, 0.05) is 39.6 Å². The molecule has 0 amide bonds. The van der Waals surface area contributed by atoms with Crippen molar-refractivity contribution >= 4 is 0 Å². The van der Waals surface area contributed by atoms with Gasteiger partial charge in [-0.25, -0.2) is 0 Å². The van der Waals surface area contributed by atoms with Crippen molar-refractivity contribution in [2.45, 2.75) is 75.7 Å². The van der Waals surface area contributed by atoms with Gasteiger partial charge in [0.15, 0.2) is 0 Å². The van der Waals surface area contributed by atoms with Crippen molar-refractivity contribution in [1.82, 2.24) is 0 Å². The molecule has 1 aliphatic carbocycles. The molecule has 1 aliphatic rings. The van der Waals surface area contributed by atoms with E-state index in [9.17, 15) is 15.3 Å². The Kier molecular flexibility index (Phi) is 16.0. The number of rotatable bonds is 21. The number of hydrogen-bond acceptors (Lipinski definition) is 9. The largest absolute Gasteiger partial charge is 0.387 e. The van der Waals surface area contributed by atoms with Gasteiger partial charge in [0.1, 0.15) is 36.6 Å².